The largest absolute Gasteiger partial charge is 0.457 e. The molecular weight excluding hydrogens is 1030 g/mol. The number of carbonyl (C=O) groups excluding carboxylic acids is 1. The van der Waals surface area contributed by atoms with Gasteiger partial charge in [0.15, 0.2) is 12.6 Å². The van der Waals surface area contributed by atoms with Crippen LogP contribution in [0.2, 0.25) is 0 Å². The molecule has 11 unspecified atom stereocenters. The number of carbonyl (C=O) groups is 1. The van der Waals surface area contributed by atoms with Crippen molar-refractivity contribution < 1.29 is 69.0 Å². The van der Waals surface area contributed by atoms with Crippen LogP contribution >= 0.6 is 0 Å². The molecule has 7 N–H and O–H groups in total. The molecule has 2 rings (SSSR count). The van der Waals surface area contributed by atoms with E-state index in [2.05, 4.69) is 123 Å². The second kappa shape index (κ2) is 52.2. The number of esters is 1. The first-order valence-electron chi connectivity index (χ1n) is 31.5. The lowest BCUT2D eigenvalue weighted by atomic mass is 9.98. The van der Waals surface area contributed by atoms with Gasteiger partial charge in [0.25, 0.3) is 0 Å². The molecule has 0 aromatic carbocycles. The topological polar surface area (TPSA) is 214 Å². The summed E-state index contributed by atoms with van der Waals surface area (Å²) in [4.78, 5) is 13.1. The Kier molecular flexibility index (Phi) is 47.5. The van der Waals surface area contributed by atoms with Crippen LogP contribution in [0.5, 0.6) is 0 Å². The second-order valence-electron chi connectivity index (χ2n) is 21.5. The first kappa shape index (κ1) is 73.8. The zero-order valence-electron chi connectivity index (χ0n) is 50.0. The Bertz CT molecular complexity index is 1750. The number of rotatable bonds is 50. The molecule has 2 heterocycles. The monoisotopic (exact) mass is 1140 g/mol. The maximum absolute atomic E-state index is 13.1. The van der Waals surface area contributed by atoms with Crippen LogP contribution in [-0.4, -0.2) is 142 Å². The first-order chi connectivity index (χ1) is 39.6. The third kappa shape index (κ3) is 38.3. The van der Waals surface area contributed by atoms with E-state index < -0.39 is 86.7 Å². The Balaban J connectivity index is 1.71. The Hall–Kier alpha value is -3.35. The Labute approximate surface area is 489 Å². The summed E-state index contributed by atoms with van der Waals surface area (Å²) >= 11 is 0. The average Bonchev–Trinajstić information content (AvgIpc) is 3.57. The summed E-state index contributed by atoms with van der Waals surface area (Å²) in [7, 11) is 0. The van der Waals surface area contributed by atoms with Gasteiger partial charge in [-0.15, -0.1) is 0 Å². The highest BCUT2D eigenvalue weighted by molar-refractivity contribution is 5.69. The van der Waals surface area contributed by atoms with E-state index in [1.54, 1.807) is 0 Å². The third-order valence-corrected chi connectivity index (χ3v) is 14.3. The predicted molar refractivity (Wildman–Crippen MR) is 325 cm³/mol. The summed E-state index contributed by atoms with van der Waals surface area (Å²) in [6.45, 7) is 3.47. The fourth-order valence-electron chi connectivity index (χ4n) is 9.24. The number of ether oxygens (including phenoxy) is 6. The van der Waals surface area contributed by atoms with Crippen molar-refractivity contribution in [3.8, 4) is 0 Å². The van der Waals surface area contributed by atoms with E-state index in [1.807, 2.05) is 0 Å². The molecule has 14 nitrogen and oxygen atoms in total. The zero-order valence-corrected chi connectivity index (χ0v) is 50.0. The second-order valence-corrected chi connectivity index (χ2v) is 21.5. The van der Waals surface area contributed by atoms with Gasteiger partial charge in [0, 0.05) is 13.0 Å². The van der Waals surface area contributed by atoms with E-state index >= 15 is 0 Å². The molecule has 11 atom stereocenters. The maximum atomic E-state index is 13.1. The Morgan fingerprint density at radius 2 is 0.802 bits per heavy atom. The molecule has 0 aromatic rings. The number of hydrogen-bond donors (Lipinski definition) is 7. The number of unbranched alkanes of at least 4 members (excludes halogenated alkanes) is 18. The lowest BCUT2D eigenvalue weighted by Gasteiger charge is -2.42. The molecule has 0 aliphatic carbocycles. The van der Waals surface area contributed by atoms with Crippen LogP contribution in [0.1, 0.15) is 206 Å². The lowest BCUT2D eigenvalue weighted by molar-refractivity contribution is -0.332. The van der Waals surface area contributed by atoms with E-state index in [4.69, 9.17) is 28.4 Å². The third-order valence-electron chi connectivity index (χ3n) is 14.3. The molecule has 14 heteroatoms. The van der Waals surface area contributed by atoms with Crippen LogP contribution in [0.3, 0.4) is 0 Å². The van der Waals surface area contributed by atoms with E-state index in [0.717, 1.165) is 103 Å². The molecule has 2 aliphatic rings. The van der Waals surface area contributed by atoms with Crippen molar-refractivity contribution in [1.29, 1.82) is 0 Å². The van der Waals surface area contributed by atoms with Crippen molar-refractivity contribution in [1.82, 2.24) is 0 Å². The minimum Gasteiger partial charge on any atom is -0.457 e. The number of hydrogen-bond acceptors (Lipinski definition) is 14. The normalized spacial score (nSPS) is 24.5. The van der Waals surface area contributed by atoms with Crippen molar-refractivity contribution >= 4 is 5.97 Å². The van der Waals surface area contributed by atoms with Crippen molar-refractivity contribution in [3.63, 3.8) is 0 Å². The molecule has 0 amide bonds. The molecule has 0 aromatic heterocycles. The molecule has 0 bridgehead atoms. The van der Waals surface area contributed by atoms with Crippen molar-refractivity contribution in [3.05, 3.63) is 109 Å². The highest BCUT2D eigenvalue weighted by Crippen LogP contribution is 2.27. The van der Waals surface area contributed by atoms with E-state index in [1.165, 1.54) is 77.0 Å². The van der Waals surface area contributed by atoms with Crippen LogP contribution in [-0.2, 0) is 33.2 Å². The van der Waals surface area contributed by atoms with Gasteiger partial charge in [0.2, 0.25) is 0 Å². The van der Waals surface area contributed by atoms with Crippen LogP contribution in [0.4, 0.5) is 0 Å². The highest BCUT2D eigenvalue weighted by atomic mass is 16.7. The Morgan fingerprint density at radius 3 is 1.26 bits per heavy atom. The van der Waals surface area contributed by atoms with Gasteiger partial charge in [0.05, 0.1) is 26.4 Å². The van der Waals surface area contributed by atoms with Crippen LogP contribution in [0.15, 0.2) is 109 Å². The van der Waals surface area contributed by atoms with Gasteiger partial charge in [-0.1, -0.05) is 207 Å². The predicted octanol–water partition coefficient (Wildman–Crippen LogP) is 12.3. The smallest absolute Gasteiger partial charge is 0.306 e. The molecule has 0 saturated carbocycles. The van der Waals surface area contributed by atoms with Gasteiger partial charge in [-0.05, 0) is 103 Å². The first-order valence-corrected chi connectivity index (χ1v) is 31.5. The van der Waals surface area contributed by atoms with Crippen LogP contribution in [0.25, 0.3) is 0 Å². The Morgan fingerprint density at radius 1 is 0.420 bits per heavy atom. The van der Waals surface area contributed by atoms with Gasteiger partial charge >= 0.3 is 5.97 Å². The van der Waals surface area contributed by atoms with Gasteiger partial charge in [-0.25, -0.2) is 0 Å². The number of aliphatic hydroxyl groups is 7. The van der Waals surface area contributed by atoms with Crippen molar-refractivity contribution in [2.24, 2.45) is 0 Å². The molecule has 2 aliphatic heterocycles. The van der Waals surface area contributed by atoms with Crippen LogP contribution < -0.4 is 0 Å². The maximum Gasteiger partial charge on any atom is 0.306 e. The molecule has 464 valence electrons. The zero-order chi connectivity index (χ0) is 58.6. The van der Waals surface area contributed by atoms with Gasteiger partial charge in [-0.3, -0.25) is 4.79 Å². The quantitative estimate of drug-likeness (QED) is 0.0172. The summed E-state index contributed by atoms with van der Waals surface area (Å²) in [6, 6.07) is 0. The van der Waals surface area contributed by atoms with Gasteiger partial charge < -0.3 is 64.2 Å². The summed E-state index contributed by atoms with van der Waals surface area (Å²) in [5.74, 6) is -0.396. The molecule has 81 heavy (non-hydrogen) atoms. The number of aliphatic hydroxyl groups excluding tert-OH is 7. The van der Waals surface area contributed by atoms with E-state index in [9.17, 15) is 40.5 Å². The molecule has 2 saturated heterocycles. The minimum absolute atomic E-state index is 0.0302. The SMILES string of the molecule is CC/C=C\C/C=C\C/C=C\C/C=C\C/C=C\C/C=C\CCCCCOCC(COC1OC(COC2OC(CO)C(O)C(O)C2O)C(O)C(O)C1O)OC(=O)CCCCCCCCCCCC/C=C\C/C=C\C/C=C\CCCCCCC. The lowest BCUT2D eigenvalue weighted by Crippen LogP contribution is -2.61. The fourth-order valence-corrected chi connectivity index (χ4v) is 9.24. The van der Waals surface area contributed by atoms with Crippen molar-refractivity contribution in [2.75, 3.05) is 33.0 Å². The van der Waals surface area contributed by atoms with Gasteiger partial charge in [-0.2, -0.15) is 0 Å². The van der Waals surface area contributed by atoms with Gasteiger partial charge in [0.1, 0.15) is 54.9 Å². The number of allylic oxidation sites excluding steroid dienone is 18. The standard InChI is InChI=1S/C67H112O14/c1-3-5-7-9-11-13-15-17-19-21-23-25-27-28-29-30-32-34-36-38-40-42-44-46-48-50-59(69)79-56(53-76-51-49-47-45-43-41-39-37-35-33-31-26-24-22-20-18-16-14-12-10-8-6-4-2)54-77-66-65(75)63(73)61(71)58(81-66)55-78-67-64(74)62(72)60(70)57(52-68)80-67/h6,8,12,14-15,17-18,20-21,23-24,26-28,33,35,39,41,56-58,60-68,70-75H,3-5,7,9-11,13,16,19,22,25,29-32,34,36-38,40,42-55H2,1-2H3/b8-6-,14-12-,17-15-,20-18-,23-21-,26-24-,28-27-,35-33-,41-39-. The molecular formula is C67H112O14. The summed E-state index contributed by atoms with van der Waals surface area (Å²) in [6.07, 6.45) is 55.8. The van der Waals surface area contributed by atoms with E-state index in [0.29, 0.717) is 13.0 Å². The highest BCUT2D eigenvalue weighted by Gasteiger charge is 2.47. The molecule has 0 radical (unpaired) electrons. The van der Waals surface area contributed by atoms with E-state index in [-0.39, 0.29) is 19.6 Å². The fraction of sp³-hybridized carbons (Fsp3) is 0.716. The van der Waals surface area contributed by atoms with Crippen molar-refractivity contribution in [2.45, 2.75) is 274 Å². The minimum atomic E-state index is -1.72. The summed E-state index contributed by atoms with van der Waals surface area (Å²) in [5, 5.41) is 72.5. The molecule has 0 spiro atoms. The summed E-state index contributed by atoms with van der Waals surface area (Å²) in [5.41, 5.74) is 0. The summed E-state index contributed by atoms with van der Waals surface area (Å²) < 4.78 is 34.4. The van der Waals surface area contributed by atoms with Crippen LogP contribution in [0, 0.1) is 0 Å². The average molecular weight is 1140 g/mol. The molecule has 2 fully saturated rings.